The van der Waals surface area contributed by atoms with Gasteiger partial charge >= 0.3 is 0 Å². The zero-order valence-corrected chi connectivity index (χ0v) is 19.7. The van der Waals surface area contributed by atoms with Gasteiger partial charge in [-0.3, -0.25) is 9.36 Å². The first-order valence-electron chi connectivity index (χ1n) is 10.0. The molecule has 5 rings (SSSR count). The van der Waals surface area contributed by atoms with E-state index in [4.69, 9.17) is 21.0 Å². The van der Waals surface area contributed by atoms with Gasteiger partial charge in [-0.15, -0.1) is 28.1 Å². The Morgan fingerprint density at radius 3 is 2.70 bits per heavy atom. The van der Waals surface area contributed by atoms with Gasteiger partial charge in [-0.25, -0.2) is 4.98 Å². The van der Waals surface area contributed by atoms with Gasteiger partial charge in [-0.1, -0.05) is 71.9 Å². The van der Waals surface area contributed by atoms with Crippen LogP contribution in [-0.2, 0) is 12.3 Å². The molecular formula is C24H17ClN4O2S2. The number of hydrogen-bond donors (Lipinski definition) is 0. The molecule has 0 radical (unpaired) electrons. The average Bonchev–Trinajstić information content (AvgIpc) is 3.48. The minimum absolute atomic E-state index is 0.0943. The minimum Gasteiger partial charge on any atom is -0.420 e. The van der Waals surface area contributed by atoms with E-state index >= 15 is 0 Å². The van der Waals surface area contributed by atoms with E-state index in [1.807, 2.05) is 54.6 Å². The quantitative estimate of drug-likeness (QED) is 0.151. The highest BCUT2D eigenvalue weighted by Crippen LogP contribution is 2.33. The molecule has 0 atom stereocenters. The average molecular weight is 493 g/mol. The van der Waals surface area contributed by atoms with Crippen LogP contribution in [0.4, 0.5) is 0 Å². The van der Waals surface area contributed by atoms with E-state index in [0.717, 1.165) is 10.4 Å². The van der Waals surface area contributed by atoms with E-state index in [1.165, 1.54) is 23.1 Å². The van der Waals surface area contributed by atoms with Gasteiger partial charge in [-0.05, 0) is 23.8 Å². The Morgan fingerprint density at radius 1 is 1.12 bits per heavy atom. The molecule has 0 aliphatic carbocycles. The summed E-state index contributed by atoms with van der Waals surface area (Å²) in [5, 5.41) is 9.95. The number of fused-ring (bicyclic) bond motifs is 1. The summed E-state index contributed by atoms with van der Waals surface area (Å²) in [6.07, 6.45) is 1.69. The maximum absolute atomic E-state index is 13.2. The number of hydrogen-bond acceptors (Lipinski definition) is 7. The van der Waals surface area contributed by atoms with E-state index in [-0.39, 0.29) is 5.56 Å². The molecule has 0 aliphatic rings. The summed E-state index contributed by atoms with van der Waals surface area (Å²) in [5.41, 5.74) is 1.64. The third-order valence-corrected chi connectivity index (χ3v) is 7.25. The first-order chi connectivity index (χ1) is 16.1. The molecule has 33 heavy (non-hydrogen) atoms. The lowest BCUT2D eigenvalue weighted by molar-refractivity contribution is 0.528. The van der Waals surface area contributed by atoms with Crippen LogP contribution in [0.2, 0.25) is 5.02 Å². The normalized spacial score (nSPS) is 11.2. The minimum atomic E-state index is -0.0943. The molecule has 0 saturated heterocycles. The monoisotopic (exact) mass is 492 g/mol. The number of nitrogens with zero attached hydrogens (tertiary/aromatic N) is 4. The van der Waals surface area contributed by atoms with Crippen LogP contribution < -0.4 is 5.56 Å². The molecule has 2 aromatic carbocycles. The summed E-state index contributed by atoms with van der Waals surface area (Å²) in [6.45, 7) is 4.14. The van der Waals surface area contributed by atoms with Crippen molar-refractivity contribution in [3.63, 3.8) is 0 Å². The zero-order valence-electron chi connectivity index (χ0n) is 17.3. The number of thiophene rings is 1. The van der Waals surface area contributed by atoms with Gasteiger partial charge in [0.05, 0.1) is 21.7 Å². The van der Waals surface area contributed by atoms with Gasteiger partial charge in [0.1, 0.15) is 4.83 Å². The Kier molecular flexibility index (Phi) is 6.13. The molecule has 0 spiro atoms. The van der Waals surface area contributed by atoms with Crippen molar-refractivity contribution in [1.82, 2.24) is 19.7 Å². The van der Waals surface area contributed by atoms with Crippen molar-refractivity contribution in [3.8, 4) is 21.9 Å². The molecular weight excluding hydrogens is 476 g/mol. The van der Waals surface area contributed by atoms with Gasteiger partial charge in [0.2, 0.25) is 11.8 Å². The van der Waals surface area contributed by atoms with E-state index in [2.05, 4.69) is 16.8 Å². The van der Waals surface area contributed by atoms with Crippen molar-refractivity contribution in [1.29, 1.82) is 0 Å². The number of allylic oxidation sites excluding steroid dienone is 1. The Bertz CT molecular complexity index is 1510. The molecule has 0 aliphatic heterocycles. The van der Waals surface area contributed by atoms with Crippen LogP contribution in [-0.4, -0.2) is 19.7 Å². The second kappa shape index (κ2) is 9.35. The molecule has 3 aromatic heterocycles. The van der Waals surface area contributed by atoms with Gasteiger partial charge in [0.25, 0.3) is 5.56 Å². The van der Waals surface area contributed by atoms with E-state index in [1.54, 1.807) is 16.7 Å². The van der Waals surface area contributed by atoms with E-state index < -0.39 is 0 Å². The lowest BCUT2D eigenvalue weighted by Gasteiger charge is -2.08. The molecule has 164 valence electrons. The number of rotatable bonds is 7. The summed E-state index contributed by atoms with van der Waals surface area (Å²) in [5.74, 6) is 1.14. The third kappa shape index (κ3) is 4.37. The topological polar surface area (TPSA) is 73.8 Å². The van der Waals surface area contributed by atoms with Crippen LogP contribution in [0.1, 0.15) is 5.89 Å². The number of halogens is 1. The van der Waals surface area contributed by atoms with Crippen molar-refractivity contribution in [2.75, 3.05) is 0 Å². The van der Waals surface area contributed by atoms with Crippen molar-refractivity contribution >= 4 is 44.9 Å². The van der Waals surface area contributed by atoms with Crippen LogP contribution in [0.25, 0.3) is 32.1 Å². The predicted octanol–water partition coefficient (Wildman–Crippen LogP) is 6.31. The second-order valence-corrected chi connectivity index (χ2v) is 9.44. The zero-order chi connectivity index (χ0) is 22.8. The van der Waals surface area contributed by atoms with Crippen molar-refractivity contribution < 1.29 is 4.42 Å². The fourth-order valence-corrected chi connectivity index (χ4v) is 5.46. The number of aromatic nitrogens is 4. The summed E-state index contributed by atoms with van der Waals surface area (Å²) < 4.78 is 7.41. The van der Waals surface area contributed by atoms with Crippen molar-refractivity contribution in [2.45, 2.75) is 17.5 Å². The molecule has 0 fully saturated rings. The van der Waals surface area contributed by atoms with Gasteiger partial charge in [0.15, 0.2) is 5.16 Å². The predicted molar refractivity (Wildman–Crippen MR) is 134 cm³/mol. The highest BCUT2D eigenvalue weighted by molar-refractivity contribution is 7.98. The maximum Gasteiger partial charge on any atom is 0.263 e. The molecule has 0 unspecified atom stereocenters. The van der Waals surface area contributed by atoms with Crippen LogP contribution in [0.3, 0.4) is 0 Å². The summed E-state index contributed by atoms with van der Waals surface area (Å²) >= 11 is 9.10. The Balaban J connectivity index is 1.46. The van der Waals surface area contributed by atoms with Gasteiger partial charge in [-0.2, -0.15) is 0 Å². The fourth-order valence-electron chi connectivity index (χ4n) is 3.32. The molecule has 9 heteroatoms. The van der Waals surface area contributed by atoms with Crippen LogP contribution in [0, 0.1) is 0 Å². The summed E-state index contributed by atoms with van der Waals surface area (Å²) in [6, 6.07) is 19.2. The van der Waals surface area contributed by atoms with Crippen LogP contribution >= 0.6 is 34.7 Å². The lowest BCUT2D eigenvalue weighted by Crippen LogP contribution is -2.22. The van der Waals surface area contributed by atoms with E-state index in [9.17, 15) is 4.79 Å². The molecule has 5 aromatic rings. The molecule has 0 saturated carbocycles. The van der Waals surface area contributed by atoms with E-state index in [0.29, 0.717) is 50.0 Å². The first-order valence-corrected chi connectivity index (χ1v) is 12.2. The second-order valence-electron chi connectivity index (χ2n) is 7.06. The SMILES string of the molecule is C=CCn1c(SCc2nnc(-c3ccccc3Cl)o2)nc2sc(-c3ccccc3)cc2c1=O. The highest BCUT2D eigenvalue weighted by Gasteiger charge is 2.17. The van der Waals surface area contributed by atoms with Crippen molar-refractivity contribution in [3.05, 3.63) is 94.6 Å². The molecule has 0 N–H and O–H groups in total. The summed E-state index contributed by atoms with van der Waals surface area (Å²) in [4.78, 5) is 19.7. The molecule has 0 bridgehead atoms. The molecule has 6 nitrogen and oxygen atoms in total. The van der Waals surface area contributed by atoms with Gasteiger partial charge < -0.3 is 4.42 Å². The lowest BCUT2D eigenvalue weighted by atomic mass is 10.2. The standard InChI is InChI=1S/C24H17ClN4O2S2/c1-2-12-29-23(30)17-13-19(15-8-4-3-5-9-15)33-22(17)26-24(29)32-14-20-27-28-21(31-20)16-10-6-7-11-18(16)25/h2-11,13H,1,12,14H2. The largest absolute Gasteiger partial charge is 0.420 e. The Labute approximate surface area is 202 Å². The molecule has 3 heterocycles. The molecule has 0 amide bonds. The van der Waals surface area contributed by atoms with Crippen LogP contribution in [0.15, 0.2) is 87.7 Å². The van der Waals surface area contributed by atoms with Crippen LogP contribution in [0.5, 0.6) is 0 Å². The number of thioether (sulfide) groups is 1. The van der Waals surface area contributed by atoms with Crippen molar-refractivity contribution in [2.24, 2.45) is 0 Å². The fraction of sp³-hybridized carbons (Fsp3) is 0.0833. The summed E-state index contributed by atoms with van der Waals surface area (Å²) in [7, 11) is 0. The third-order valence-electron chi connectivity index (χ3n) is 4.88. The number of benzene rings is 2. The Hall–Kier alpha value is -3.20. The first kappa shape index (κ1) is 21.6. The highest BCUT2D eigenvalue weighted by atomic mass is 35.5. The maximum atomic E-state index is 13.2. The smallest absolute Gasteiger partial charge is 0.263 e. The van der Waals surface area contributed by atoms with Gasteiger partial charge in [0, 0.05) is 11.4 Å². The Morgan fingerprint density at radius 2 is 1.91 bits per heavy atom.